The Balaban J connectivity index is 1.95. The fourth-order valence-corrected chi connectivity index (χ4v) is 2.97. The van der Waals surface area contributed by atoms with E-state index in [1.165, 1.54) is 6.07 Å². The summed E-state index contributed by atoms with van der Waals surface area (Å²) in [5, 5.41) is 10.4. The number of fused-ring (bicyclic) bond motifs is 1. The Labute approximate surface area is 142 Å². The molecule has 0 saturated carbocycles. The van der Waals surface area contributed by atoms with Gasteiger partial charge in [0.05, 0.1) is 0 Å². The van der Waals surface area contributed by atoms with Crippen LogP contribution in [0.5, 0.6) is 5.75 Å². The van der Waals surface area contributed by atoms with Crippen LogP contribution in [0.1, 0.15) is 10.4 Å². The van der Waals surface area contributed by atoms with E-state index in [0.717, 1.165) is 17.4 Å². The zero-order valence-corrected chi connectivity index (χ0v) is 13.0. The van der Waals surface area contributed by atoms with Crippen molar-refractivity contribution in [1.29, 1.82) is 0 Å². The van der Waals surface area contributed by atoms with Gasteiger partial charge in [0, 0.05) is 34.5 Å². The van der Waals surface area contributed by atoms with E-state index in [1.54, 1.807) is 36.7 Å². The van der Waals surface area contributed by atoms with Gasteiger partial charge in [0.2, 0.25) is 0 Å². The molecule has 2 N–H and O–H groups in total. The van der Waals surface area contributed by atoms with Crippen LogP contribution >= 0.6 is 0 Å². The number of hydrogen-bond donors (Lipinski definition) is 2. The van der Waals surface area contributed by atoms with Gasteiger partial charge in [-0.25, -0.2) is 9.37 Å². The highest BCUT2D eigenvalue weighted by atomic mass is 19.1. The summed E-state index contributed by atoms with van der Waals surface area (Å²) in [6, 6.07) is 13.7. The SMILES string of the molecule is O=Cc1c[nH]c2ncc(-c3ccccc3-c3cccc(O)c3F)cc12. The van der Waals surface area contributed by atoms with Gasteiger partial charge in [-0.2, -0.15) is 0 Å². The molecule has 4 rings (SSSR count). The van der Waals surface area contributed by atoms with Gasteiger partial charge in [0.25, 0.3) is 0 Å². The summed E-state index contributed by atoms with van der Waals surface area (Å²) in [5.74, 6) is -1.06. The lowest BCUT2D eigenvalue weighted by Gasteiger charge is -2.11. The third-order valence-corrected chi connectivity index (χ3v) is 4.20. The normalized spacial score (nSPS) is 10.9. The van der Waals surface area contributed by atoms with E-state index < -0.39 is 11.6 Å². The first kappa shape index (κ1) is 15.1. The number of pyridine rings is 1. The fraction of sp³-hybridized carbons (Fsp3) is 0. The van der Waals surface area contributed by atoms with Crippen LogP contribution in [-0.4, -0.2) is 21.4 Å². The Hall–Kier alpha value is -3.47. The monoisotopic (exact) mass is 332 g/mol. The van der Waals surface area contributed by atoms with E-state index in [0.29, 0.717) is 27.7 Å². The summed E-state index contributed by atoms with van der Waals surface area (Å²) in [7, 11) is 0. The number of benzene rings is 2. The van der Waals surface area contributed by atoms with Gasteiger partial charge >= 0.3 is 0 Å². The molecule has 0 aliphatic rings. The van der Waals surface area contributed by atoms with Crippen molar-refractivity contribution in [3.05, 3.63) is 72.3 Å². The quantitative estimate of drug-likeness (QED) is 0.541. The van der Waals surface area contributed by atoms with Crippen molar-refractivity contribution >= 4 is 17.3 Å². The molecule has 0 aliphatic carbocycles. The predicted molar refractivity (Wildman–Crippen MR) is 94.0 cm³/mol. The Kier molecular flexibility index (Phi) is 3.54. The maximum atomic E-state index is 14.4. The molecule has 0 unspecified atom stereocenters. The van der Waals surface area contributed by atoms with Crippen LogP contribution in [-0.2, 0) is 0 Å². The molecule has 0 atom stereocenters. The molecule has 2 aromatic carbocycles. The minimum Gasteiger partial charge on any atom is -0.505 e. The fourth-order valence-electron chi connectivity index (χ4n) is 2.97. The molecule has 4 aromatic rings. The van der Waals surface area contributed by atoms with Crippen LogP contribution < -0.4 is 0 Å². The zero-order chi connectivity index (χ0) is 17.4. The number of aromatic nitrogens is 2. The van der Waals surface area contributed by atoms with Crippen molar-refractivity contribution in [1.82, 2.24) is 9.97 Å². The Morgan fingerprint density at radius 2 is 1.80 bits per heavy atom. The van der Waals surface area contributed by atoms with E-state index in [2.05, 4.69) is 9.97 Å². The van der Waals surface area contributed by atoms with Gasteiger partial charge in [-0.1, -0.05) is 36.4 Å². The van der Waals surface area contributed by atoms with Crippen molar-refractivity contribution in [2.24, 2.45) is 0 Å². The van der Waals surface area contributed by atoms with E-state index >= 15 is 0 Å². The standard InChI is InChI=1S/C20H13FN2O2/c21-19-16(6-3-7-18(19)25)15-5-2-1-4-14(15)12-8-17-13(11-24)10-23-20(17)22-9-12/h1-11,25H,(H,22,23). The second-order valence-corrected chi connectivity index (χ2v) is 5.67. The maximum absolute atomic E-state index is 14.4. The number of halogens is 1. The molecule has 0 fully saturated rings. The summed E-state index contributed by atoms with van der Waals surface area (Å²) in [4.78, 5) is 18.5. The first-order valence-electron chi connectivity index (χ1n) is 7.68. The highest BCUT2D eigenvalue weighted by Crippen LogP contribution is 2.36. The number of carbonyl (C=O) groups excluding carboxylic acids is 1. The van der Waals surface area contributed by atoms with Crippen LogP contribution in [0.15, 0.2) is 60.9 Å². The van der Waals surface area contributed by atoms with Crippen LogP contribution in [0.4, 0.5) is 4.39 Å². The molecular weight excluding hydrogens is 319 g/mol. The molecule has 2 heterocycles. The van der Waals surface area contributed by atoms with Crippen LogP contribution in [0, 0.1) is 5.82 Å². The van der Waals surface area contributed by atoms with Gasteiger partial charge in [-0.15, -0.1) is 0 Å². The van der Waals surface area contributed by atoms with Gasteiger partial charge in [0.15, 0.2) is 17.9 Å². The second-order valence-electron chi connectivity index (χ2n) is 5.67. The molecule has 0 radical (unpaired) electrons. The first-order chi connectivity index (χ1) is 12.2. The molecule has 0 spiro atoms. The predicted octanol–water partition coefficient (Wildman–Crippen LogP) is 4.55. The molecule has 2 aromatic heterocycles. The van der Waals surface area contributed by atoms with Crippen LogP contribution in [0.25, 0.3) is 33.3 Å². The van der Waals surface area contributed by atoms with Gasteiger partial charge in [-0.05, 0) is 23.3 Å². The minimum atomic E-state index is -0.667. The second kappa shape index (κ2) is 5.87. The van der Waals surface area contributed by atoms with Crippen LogP contribution in [0.3, 0.4) is 0 Å². The molecule has 5 heteroatoms. The maximum Gasteiger partial charge on any atom is 0.172 e. The number of aromatic amines is 1. The summed E-state index contributed by atoms with van der Waals surface area (Å²) in [5.41, 5.74) is 3.60. The lowest BCUT2D eigenvalue weighted by atomic mass is 9.94. The summed E-state index contributed by atoms with van der Waals surface area (Å²) in [6.45, 7) is 0. The van der Waals surface area contributed by atoms with Gasteiger partial charge < -0.3 is 10.1 Å². The summed E-state index contributed by atoms with van der Waals surface area (Å²) >= 11 is 0. The van der Waals surface area contributed by atoms with E-state index in [4.69, 9.17) is 0 Å². The van der Waals surface area contributed by atoms with Crippen molar-refractivity contribution in [2.75, 3.05) is 0 Å². The number of phenols is 1. The number of rotatable bonds is 3. The lowest BCUT2D eigenvalue weighted by Crippen LogP contribution is -1.90. The first-order valence-corrected chi connectivity index (χ1v) is 7.68. The van der Waals surface area contributed by atoms with Gasteiger partial charge in [-0.3, -0.25) is 4.79 Å². The number of phenolic OH excluding ortho intramolecular Hbond substituents is 1. The largest absolute Gasteiger partial charge is 0.505 e. The average Bonchev–Trinajstić information content (AvgIpc) is 3.06. The van der Waals surface area contributed by atoms with Crippen molar-refractivity contribution in [3.8, 4) is 28.0 Å². The molecule has 0 bridgehead atoms. The molecule has 0 aliphatic heterocycles. The zero-order valence-electron chi connectivity index (χ0n) is 13.0. The summed E-state index contributed by atoms with van der Waals surface area (Å²) < 4.78 is 14.4. The third kappa shape index (κ3) is 2.46. The van der Waals surface area contributed by atoms with Crippen molar-refractivity contribution in [2.45, 2.75) is 0 Å². The highest BCUT2D eigenvalue weighted by molar-refractivity contribution is 5.98. The minimum absolute atomic E-state index is 0.306. The van der Waals surface area contributed by atoms with Crippen molar-refractivity contribution < 1.29 is 14.3 Å². The molecular formula is C20H13FN2O2. The number of nitrogens with zero attached hydrogens (tertiary/aromatic N) is 1. The third-order valence-electron chi connectivity index (χ3n) is 4.20. The molecule has 122 valence electrons. The van der Waals surface area contributed by atoms with Crippen molar-refractivity contribution in [3.63, 3.8) is 0 Å². The topological polar surface area (TPSA) is 66.0 Å². The number of carbonyl (C=O) groups is 1. The number of hydrogen-bond acceptors (Lipinski definition) is 3. The summed E-state index contributed by atoms with van der Waals surface area (Å²) in [6.07, 6.45) is 4.05. The van der Waals surface area contributed by atoms with Crippen LogP contribution in [0.2, 0.25) is 0 Å². The Bertz CT molecular complexity index is 1100. The number of aromatic hydroxyl groups is 1. The number of H-pyrrole nitrogens is 1. The molecule has 4 nitrogen and oxygen atoms in total. The average molecular weight is 332 g/mol. The highest BCUT2D eigenvalue weighted by Gasteiger charge is 2.14. The number of aldehydes is 1. The molecule has 0 amide bonds. The molecule has 25 heavy (non-hydrogen) atoms. The Morgan fingerprint density at radius 1 is 1.04 bits per heavy atom. The Morgan fingerprint density at radius 3 is 2.60 bits per heavy atom. The van der Waals surface area contributed by atoms with E-state index in [9.17, 15) is 14.3 Å². The van der Waals surface area contributed by atoms with Gasteiger partial charge in [0.1, 0.15) is 5.65 Å². The number of nitrogens with one attached hydrogen (secondary N) is 1. The smallest absolute Gasteiger partial charge is 0.172 e. The lowest BCUT2D eigenvalue weighted by molar-refractivity contribution is 0.112. The molecule has 0 saturated heterocycles. The van der Waals surface area contributed by atoms with E-state index in [1.807, 2.05) is 18.2 Å². The van der Waals surface area contributed by atoms with E-state index in [-0.39, 0.29) is 0 Å².